The smallest absolute Gasteiger partial charge is 0.307 e. The van der Waals surface area contributed by atoms with Crippen LogP contribution in [0.4, 0.5) is 10.5 Å². The zero-order valence-electron chi connectivity index (χ0n) is 22.3. The summed E-state index contributed by atoms with van der Waals surface area (Å²) in [5.74, 6) is 0.711. The molecule has 3 aliphatic heterocycles. The number of hydrogen-bond acceptors (Lipinski definition) is 6. The summed E-state index contributed by atoms with van der Waals surface area (Å²) in [6.07, 6.45) is 0.309. The SMILES string of the molecule is CC(C)c1[nH]n(-c2c(Cl)cc(Cl)cc2Cl)c2nc(Cc3ccc(NC(=O)NN4CCN(C)CC4)cc3)nc(=O)c1-2. The molecule has 0 atom stereocenters. The maximum absolute atomic E-state index is 13.2. The molecule has 0 spiro atoms. The first-order chi connectivity index (χ1) is 19.1. The number of anilines is 1. The van der Waals surface area contributed by atoms with E-state index in [0.29, 0.717) is 55.8 Å². The van der Waals surface area contributed by atoms with E-state index < -0.39 is 5.56 Å². The van der Waals surface area contributed by atoms with Crippen molar-refractivity contribution in [3.8, 4) is 17.1 Å². The second kappa shape index (κ2) is 11.8. The summed E-state index contributed by atoms with van der Waals surface area (Å²) in [5.41, 5.74) is 5.51. The molecule has 3 heterocycles. The van der Waals surface area contributed by atoms with Crippen molar-refractivity contribution < 1.29 is 4.79 Å². The lowest BCUT2D eigenvalue weighted by molar-refractivity contribution is 0.116. The highest BCUT2D eigenvalue weighted by molar-refractivity contribution is 6.40. The molecule has 210 valence electrons. The number of aromatic amines is 1. The van der Waals surface area contributed by atoms with Crippen LogP contribution in [0.15, 0.2) is 41.2 Å². The number of carbonyl (C=O) groups is 1. The zero-order valence-corrected chi connectivity index (χ0v) is 24.5. The molecular formula is C27H29Cl3N8O2. The molecular weight excluding hydrogens is 575 g/mol. The molecule has 0 unspecified atom stereocenters. The molecule has 3 N–H and O–H groups in total. The van der Waals surface area contributed by atoms with Gasteiger partial charge in [-0.05, 0) is 42.8 Å². The van der Waals surface area contributed by atoms with Gasteiger partial charge in [-0.25, -0.2) is 19.5 Å². The molecule has 1 saturated heterocycles. The maximum Gasteiger partial charge on any atom is 0.333 e. The quantitative estimate of drug-likeness (QED) is 0.286. The lowest BCUT2D eigenvalue weighted by Gasteiger charge is -2.32. The van der Waals surface area contributed by atoms with Crippen molar-refractivity contribution in [2.75, 3.05) is 38.5 Å². The third-order valence-electron chi connectivity index (χ3n) is 6.74. The average Bonchev–Trinajstić information content (AvgIpc) is 3.26. The fraction of sp³-hybridized carbons (Fsp3) is 0.333. The van der Waals surface area contributed by atoms with E-state index in [4.69, 9.17) is 39.8 Å². The Labute approximate surface area is 246 Å². The van der Waals surface area contributed by atoms with Crippen LogP contribution in [0.25, 0.3) is 17.1 Å². The van der Waals surface area contributed by atoms with Gasteiger partial charge >= 0.3 is 6.03 Å². The number of rotatable bonds is 6. The normalized spacial score (nSPS) is 14.7. The summed E-state index contributed by atoms with van der Waals surface area (Å²) < 4.78 is 1.62. The number of hydrazine groups is 1. The van der Waals surface area contributed by atoms with Gasteiger partial charge in [0.05, 0.1) is 15.7 Å². The van der Waals surface area contributed by atoms with E-state index in [0.717, 1.165) is 31.7 Å². The Morgan fingerprint density at radius 2 is 1.68 bits per heavy atom. The predicted octanol–water partition coefficient (Wildman–Crippen LogP) is 5.02. The molecule has 2 aromatic rings. The molecule has 0 saturated carbocycles. The topological polar surface area (TPSA) is 111 Å². The standard InChI is InChI=1S/C27H29Cl3N8O2/c1-15(2)23-22-25(38(34-23)24-19(29)13-17(28)14-20(24)30)32-21(33-26(22)39)12-16-4-6-18(7-5-16)31-27(40)35-37-10-8-36(3)9-11-37/h4-7,13-15,34H,8-12H2,1-3H3,(H2,31,35,40). The number of hydrogen-bond donors (Lipinski definition) is 3. The number of amides is 2. The predicted molar refractivity (Wildman–Crippen MR) is 158 cm³/mol. The molecule has 5 rings (SSSR count). The van der Waals surface area contributed by atoms with Gasteiger partial charge in [0.1, 0.15) is 17.1 Å². The number of carbonyl (C=O) groups excluding carboxylic acids is 1. The lowest BCUT2D eigenvalue weighted by atomic mass is 10.1. The van der Waals surface area contributed by atoms with Crippen molar-refractivity contribution in [2.45, 2.75) is 26.2 Å². The van der Waals surface area contributed by atoms with E-state index in [1.807, 2.05) is 31.0 Å². The minimum atomic E-state index is -0.390. The van der Waals surface area contributed by atoms with Crippen LogP contribution in [0.2, 0.25) is 15.1 Å². The number of aromatic nitrogens is 4. The van der Waals surface area contributed by atoms with E-state index in [1.54, 1.807) is 28.9 Å². The highest BCUT2D eigenvalue weighted by Crippen LogP contribution is 2.36. The van der Waals surface area contributed by atoms with E-state index in [-0.39, 0.29) is 11.9 Å². The van der Waals surface area contributed by atoms with Crippen molar-refractivity contribution in [1.82, 2.24) is 35.1 Å². The second-order valence-corrected chi connectivity index (χ2v) is 11.4. The van der Waals surface area contributed by atoms with E-state index in [9.17, 15) is 9.59 Å². The summed E-state index contributed by atoms with van der Waals surface area (Å²) in [7, 11) is 2.06. The van der Waals surface area contributed by atoms with E-state index in [1.165, 1.54) is 0 Å². The van der Waals surface area contributed by atoms with Gasteiger partial charge in [0.15, 0.2) is 5.82 Å². The van der Waals surface area contributed by atoms with E-state index in [2.05, 4.69) is 32.8 Å². The summed E-state index contributed by atoms with van der Waals surface area (Å²) in [6, 6.07) is 10.2. The first kappa shape index (κ1) is 28.4. The second-order valence-electron chi connectivity index (χ2n) is 10.1. The van der Waals surface area contributed by atoms with Gasteiger partial charge in [-0.15, -0.1) is 0 Å². The number of halogens is 3. The van der Waals surface area contributed by atoms with Crippen molar-refractivity contribution in [1.29, 1.82) is 0 Å². The van der Waals surface area contributed by atoms with Gasteiger partial charge in [0, 0.05) is 43.3 Å². The lowest BCUT2D eigenvalue weighted by Crippen LogP contribution is -2.53. The molecule has 0 bridgehead atoms. The third kappa shape index (κ3) is 6.11. The Morgan fingerprint density at radius 1 is 1.02 bits per heavy atom. The number of likely N-dealkylation sites (N-methyl/N-ethyl adjacent to an activating group) is 1. The number of benzene rings is 2. The minimum absolute atomic E-state index is 0.00996. The number of piperazine rings is 1. The van der Waals surface area contributed by atoms with Gasteiger partial charge in [0.2, 0.25) is 0 Å². The Bertz CT molecular complexity index is 1540. The van der Waals surface area contributed by atoms with Crippen molar-refractivity contribution in [3.05, 3.63) is 78.9 Å². The highest BCUT2D eigenvalue weighted by atomic mass is 35.5. The zero-order chi connectivity index (χ0) is 28.6. The fourth-order valence-electron chi connectivity index (χ4n) is 4.61. The monoisotopic (exact) mass is 602 g/mol. The largest absolute Gasteiger partial charge is 0.333 e. The van der Waals surface area contributed by atoms with Crippen molar-refractivity contribution in [2.24, 2.45) is 0 Å². The van der Waals surface area contributed by atoms with E-state index >= 15 is 0 Å². The average molecular weight is 604 g/mol. The molecule has 2 amide bonds. The van der Waals surface area contributed by atoms with Crippen LogP contribution in [-0.4, -0.2) is 68.9 Å². The van der Waals surface area contributed by atoms with Crippen LogP contribution >= 0.6 is 34.8 Å². The molecule has 0 radical (unpaired) electrons. The van der Waals surface area contributed by atoms with Gasteiger partial charge in [-0.3, -0.25) is 15.3 Å². The van der Waals surface area contributed by atoms with Crippen molar-refractivity contribution >= 4 is 46.5 Å². The molecule has 1 fully saturated rings. The van der Waals surface area contributed by atoms with Crippen LogP contribution < -0.4 is 16.3 Å². The first-order valence-corrected chi connectivity index (χ1v) is 14.0. The first-order valence-electron chi connectivity index (χ1n) is 12.9. The molecule has 13 heteroatoms. The number of fused-ring (bicyclic) bond motifs is 1. The highest BCUT2D eigenvalue weighted by Gasteiger charge is 2.27. The summed E-state index contributed by atoms with van der Waals surface area (Å²) in [6.45, 7) is 7.27. The van der Waals surface area contributed by atoms with Gasteiger partial charge in [0.25, 0.3) is 5.56 Å². The molecule has 0 aromatic heterocycles. The minimum Gasteiger partial charge on any atom is -0.307 e. The Kier molecular flexibility index (Phi) is 8.34. The van der Waals surface area contributed by atoms with Gasteiger partial charge < -0.3 is 10.2 Å². The number of H-pyrrole nitrogens is 1. The van der Waals surface area contributed by atoms with Crippen LogP contribution in [-0.2, 0) is 6.42 Å². The Hall–Kier alpha value is -3.15. The summed E-state index contributed by atoms with van der Waals surface area (Å²) in [5, 5.41) is 9.02. The molecule has 0 aliphatic carbocycles. The molecule has 40 heavy (non-hydrogen) atoms. The number of nitrogens with zero attached hydrogens (tertiary/aromatic N) is 5. The van der Waals surface area contributed by atoms with Gasteiger partial charge in [-0.2, -0.15) is 4.98 Å². The third-order valence-corrected chi connectivity index (χ3v) is 7.53. The Morgan fingerprint density at radius 3 is 2.30 bits per heavy atom. The van der Waals surface area contributed by atoms with Crippen LogP contribution in [0.5, 0.6) is 0 Å². The maximum atomic E-state index is 13.2. The molecule has 3 aliphatic rings. The Balaban J connectivity index is 1.38. The fourth-order valence-corrected chi connectivity index (χ4v) is 5.60. The van der Waals surface area contributed by atoms with Crippen molar-refractivity contribution in [3.63, 3.8) is 0 Å². The molecule has 2 aromatic carbocycles. The number of urea groups is 1. The van der Waals surface area contributed by atoms with Crippen LogP contribution in [0.1, 0.15) is 36.8 Å². The van der Waals surface area contributed by atoms with Crippen LogP contribution in [0, 0.1) is 0 Å². The summed E-state index contributed by atoms with van der Waals surface area (Å²) >= 11 is 19.1. The van der Waals surface area contributed by atoms with Gasteiger partial charge in [-0.1, -0.05) is 60.8 Å². The number of nitrogens with one attached hydrogen (secondary N) is 3. The summed E-state index contributed by atoms with van der Waals surface area (Å²) in [4.78, 5) is 36.8. The van der Waals surface area contributed by atoms with Crippen LogP contribution in [0.3, 0.4) is 0 Å². The molecule has 10 nitrogen and oxygen atoms in total.